The highest BCUT2D eigenvalue weighted by molar-refractivity contribution is 5.90. The molecule has 4 rings (SSSR count). The molecule has 1 saturated heterocycles. The summed E-state index contributed by atoms with van der Waals surface area (Å²) in [6, 6.07) is 14.1. The van der Waals surface area contributed by atoms with Gasteiger partial charge in [-0.25, -0.2) is 9.50 Å². The van der Waals surface area contributed by atoms with Gasteiger partial charge in [0.15, 0.2) is 5.65 Å². The molecule has 0 radical (unpaired) electrons. The summed E-state index contributed by atoms with van der Waals surface area (Å²) < 4.78 is 1.66. The Labute approximate surface area is 159 Å². The maximum absolute atomic E-state index is 11.7. The number of hydrogen-bond donors (Lipinski definition) is 2. The van der Waals surface area contributed by atoms with Crippen LogP contribution in [-0.4, -0.2) is 40.6 Å². The normalized spacial score (nSPS) is 16.1. The quantitative estimate of drug-likeness (QED) is 0.741. The van der Waals surface area contributed by atoms with Gasteiger partial charge in [0.25, 0.3) is 5.91 Å². The maximum atomic E-state index is 11.7. The lowest BCUT2D eigenvalue weighted by molar-refractivity contribution is 0.0953. The van der Waals surface area contributed by atoms with Gasteiger partial charge in [0.05, 0.1) is 11.9 Å². The zero-order valence-electron chi connectivity index (χ0n) is 15.8. The smallest absolute Gasteiger partial charge is 0.290 e. The van der Waals surface area contributed by atoms with E-state index in [0.717, 1.165) is 24.3 Å². The van der Waals surface area contributed by atoms with Gasteiger partial charge in [0.1, 0.15) is 0 Å². The molecule has 1 aromatic carbocycles. The lowest BCUT2D eigenvalue weighted by atomic mass is 10.2. The minimum Gasteiger partial charge on any atom is -0.370 e. The van der Waals surface area contributed by atoms with Crippen molar-refractivity contribution >= 4 is 17.2 Å². The first-order valence-corrected chi connectivity index (χ1v) is 9.18. The minimum atomic E-state index is -0.294. The Balaban J connectivity index is 0.000000299. The fourth-order valence-corrected chi connectivity index (χ4v) is 3.12. The second-order valence-corrected chi connectivity index (χ2v) is 6.70. The van der Waals surface area contributed by atoms with Crippen LogP contribution in [-0.2, 0) is 6.54 Å². The second-order valence-electron chi connectivity index (χ2n) is 6.70. The number of aromatic nitrogens is 3. The molecule has 0 bridgehead atoms. The van der Waals surface area contributed by atoms with E-state index in [4.69, 9.17) is 5.73 Å². The first kappa shape index (κ1) is 18.8. The van der Waals surface area contributed by atoms with E-state index in [2.05, 4.69) is 33.3 Å². The highest BCUT2D eigenvalue weighted by atomic mass is 16.2. The number of anilines is 1. The third-order valence-corrected chi connectivity index (χ3v) is 4.60. The Morgan fingerprint density at radius 1 is 1.26 bits per heavy atom. The molecule has 1 fully saturated rings. The van der Waals surface area contributed by atoms with Crippen LogP contribution < -0.4 is 16.0 Å². The zero-order chi connectivity index (χ0) is 19.2. The number of nitrogens with one attached hydrogen (secondary N) is 1. The highest BCUT2D eigenvalue weighted by Gasteiger charge is 2.21. The monoisotopic (exact) mass is 366 g/mol. The van der Waals surface area contributed by atoms with E-state index in [1.54, 1.807) is 11.6 Å². The Morgan fingerprint density at radius 2 is 1.93 bits per heavy atom. The summed E-state index contributed by atoms with van der Waals surface area (Å²) in [5.74, 6) is 0.566. The van der Waals surface area contributed by atoms with Crippen LogP contribution in [0.25, 0.3) is 5.65 Å². The summed E-state index contributed by atoms with van der Waals surface area (Å²) in [7, 11) is 1.56. The first-order chi connectivity index (χ1) is 13.1. The van der Waals surface area contributed by atoms with E-state index in [0.29, 0.717) is 18.1 Å². The van der Waals surface area contributed by atoms with Gasteiger partial charge in [-0.2, -0.15) is 0 Å². The van der Waals surface area contributed by atoms with Gasteiger partial charge < -0.3 is 16.0 Å². The molecule has 1 aliphatic heterocycles. The number of carbonyl (C=O) groups is 1. The van der Waals surface area contributed by atoms with Gasteiger partial charge >= 0.3 is 0 Å². The number of hydrogen-bond acceptors (Lipinski definition) is 5. The predicted octanol–water partition coefficient (Wildman–Crippen LogP) is 2.08. The number of amides is 1. The fourth-order valence-electron chi connectivity index (χ4n) is 3.12. The average molecular weight is 366 g/mol. The van der Waals surface area contributed by atoms with Crippen LogP contribution in [0.15, 0.2) is 48.7 Å². The highest BCUT2D eigenvalue weighted by Crippen LogP contribution is 2.25. The Morgan fingerprint density at radius 3 is 2.44 bits per heavy atom. The van der Waals surface area contributed by atoms with Crippen molar-refractivity contribution < 1.29 is 4.79 Å². The molecule has 3 aromatic rings. The van der Waals surface area contributed by atoms with Crippen LogP contribution in [0.4, 0.5) is 5.69 Å². The molecule has 0 spiro atoms. The van der Waals surface area contributed by atoms with Crippen molar-refractivity contribution in [3.63, 3.8) is 0 Å². The SMILES string of the molecule is CNC(=O)c1nc2c(CN)cc(N3CCC(C)C3)cn2n1.c1ccccc1. The molecule has 3 heterocycles. The topological polar surface area (TPSA) is 88.5 Å². The van der Waals surface area contributed by atoms with E-state index < -0.39 is 0 Å². The molecular weight excluding hydrogens is 340 g/mol. The molecule has 27 heavy (non-hydrogen) atoms. The molecule has 1 atom stereocenters. The van der Waals surface area contributed by atoms with Crippen LogP contribution in [0.3, 0.4) is 0 Å². The van der Waals surface area contributed by atoms with Crippen LogP contribution >= 0.6 is 0 Å². The van der Waals surface area contributed by atoms with E-state index in [9.17, 15) is 4.79 Å². The van der Waals surface area contributed by atoms with Gasteiger partial charge in [0, 0.05) is 32.2 Å². The molecule has 7 nitrogen and oxygen atoms in total. The number of rotatable bonds is 3. The molecule has 1 amide bonds. The Kier molecular flexibility index (Phi) is 6.03. The molecule has 0 saturated carbocycles. The molecule has 1 aliphatic rings. The number of nitrogens with zero attached hydrogens (tertiary/aromatic N) is 4. The predicted molar refractivity (Wildman–Crippen MR) is 107 cm³/mol. The van der Waals surface area contributed by atoms with Crippen LogP contribution in [0.2, 0.25) is 0 Å². The lowest BCUT2D eigenvalue weighted by Gasteiger charge is -2.19. The minimum absolute atomic E-state index is 0.166. The van der Waals surface area contributed by atoms with Crippen molar-refractivity contribution in [3.8, 4) is 0 Å². The van der Waals surface area contributed by atoms with Gasteiger partial charge in [0.2, 0.25) is 5.82 Å². The van der Waals surface area contributed by atoms with Gasteiger partial charge in [-0.1, -0.05) is 43.3 Å². The van der Waals surface area contributed by atoms with Crippen molar-refractivity contribution in [2.24, 2.45) is 11.7 Å². The number of carbonyl (C=O) groups excluding carboxylic acids is 1. The molecule has 3 N–H and O–H groups in total. The van der Waals surface area contributed by atoms with Crippen molar-refractivity contribution in [2.45, 2.75) is 19.9 Å². The fraction of sp³-hybridized carbons (Fsp3) is 0.350. The third-order valence-electron chi connectivity index (χ3n) is 4.60. The van der Waals surface area contributed by atoms with Gasteiger partial charge in [-0.15, -0.1) is 5.10 Å². The number of pyridine rings is 1. The number of nitrogens with two attached hydrogens (primary N) is 1. The van der Waals surface area contributed by atoms with Crippen molar-refractivity contribution in [2.75, 3.05) is 25.0 Å². The molecular formula is C20H26N6O. The second kappa shape index (κ2) is 8.64. The summed E-state index contributed by atoms with van der Waals surface area (Å²) in [4.78, 5) is 18.3. The van der Waals surface area contributed by atoms with Crippen LogP contribution in [0.1, 0.15) is 29.5 Å². The number of fused-ring (bicyclic) bond motifs is 1. The first-order valence-electron chi connectivity index (χ1n) is 9.18. The molecule has 142 valence electrons. The summed E-state index contributed by atoms with van der Waals surface area (Å²) >= 11 is 0. The van der Waals surface area contributed by atoms with E-state index in [1.807, 2.05) is 42.6 Å². The summed E-state index contributed by atoms with van der Waals surface area (Å²) in [5, 5.41) is 6.79. The van der Waals surface area contributed by atoms with Crippen molar-refractivity contribution in [1.29, 1.82) is 0 Å². The number of benzene rings is 1. The van der Waals surface area contributed by atoms with Crippen LogP contribution in [0.5, 0.6) is 0 Å². The molecule has 0 aliphatic carbocycles. The van der Waals surface area contributed by atoms with E-state index in [-0.39, 0.29) is 11.7 Å². The Bertz CT molecular complexity index is 865. The van der Waals surface area contributed by atoms with Crippen molar-refractivity contribution in [3.05, 3.63) is 60.0 Å². The summed E-state index contributed by atoms with van der Waals surface area (Å²) in [5.41, 5.74) is 8.46. The van der Waals surface area contributed by atoms with Gasteiger partial charge in [-0.3, -0.25) is 4.79 Å². The lowest BCUT2D eigenvalue weighted by Crippen LogP contribution is -2.20. The molecule has 2 aromatic heterocycles. The zero-order valence-corrected chi connectivity index (χ0v) is 15.8. The Hall–Kier alpha value is -2.93. The van der Waals surface area contributed by atoms with Crippen LogP contribution in [0, 0.1) is 5.92 Å². The van der Waals surface area contributed by atoms with Gasteiger partial charge in [-0.05, 0) is 18.4 Å². The average Bonchev–Trinajstić information content (AvgIpc) is 3.34. The maximum Gasteiger partial charge on any atom is 0.290 e. The molecule has 1 unspecified atom stereocenters. The van der Waals surface area contributed by atoms with Crippen molar-refractivity contribution in [1.82, 2.24) is 19.9 Å². The largest absolute Gasteiger partial charge is 0.370 e. The molecule has 7 heteroatoms. The van der Waals surface area contributed by atoms with E-state index >= 15 is 0 Å². The standard InChI is InChI=1S/C14H20N6O.C6H6/c1-9-3-4-19(7-9)11-5-10(6-15)13-17-12(14(21)16-2)18-20(13)8-11;1-2-4-6-5-3-1/h5,8-9H,3-4,6-7,15H2,1-2H3,(H,16,21);1-6H. The summed E-state index contributed by atoms with van der Waals surface area (Å²) in [6.07, 6.45) is 3.11. The third kappa shape index (κ3) is 4.43. The summed E-state index contributed by atoms with van der Waals surface area (Å²) in [6.45, 7) is 4.69. The van der Waals surface area contributed by atoms with E-state index in [1.165, 1.54) is 6.42 Å².